The molecule has 27 heavy (non-hydrogen) atoms. The molecule has 0 spiro atoms. The lowest BCUT2D eigenvalue weighted by Crippen LogP contribution is -2.37. The lowest BCUT2D eigenvalue weighted by Gasteiger charge is -2.30. The topological polar surface area (TPSA) is 73.7 Å². The third-order valence-electron chi connectivity index (χ3n) is 4.64. The quantitative estimate of drug-likeness (QED) is 0.641. The molecule has 0 atom stereocenters. The molecule has 8 heteroatoms. The van der Waals surface area contributed by atoms with Crippen LogP contribution in [0, 0.1) is 0 Å². The number of hydrogen-bond donors (Lipinski definition) is 0. The molecule has 0 N–H and O–H groups in total. The van der Waals surface area contributed by atoms with Gasteiger partial charge in [-0.2, -0.15) is 0 Å². The molecule has 0 bridgehead atoms. The highest BCUT2D eigenvalue weighted by atomic mass is 32.1. The monoisotopic (exact) mass is 385 g/mol. The Labute approximate surface area is 159 Å². The molecule has 140 valence electrons. The number of aromatic nitrogens is 2. The standard InChI is InChI=1S/C19H19N3O4S/c1-25-19(24)17-16-14(11-27-17)20-12-22(18(16)23)10-13-4-2-3-5-15(13)21-6-8-26-9-7-21/h2-5,11-12H,6-10H2,1H3. The predicted octanol–water partition coefficient (Wildman–Crippen LogP) is 2.13. The summed E-state index contributed by atoms with van der Waals surface area (Å²) in [6.07, 6.45) is 1.54. The van der Waals surface area contributed by atoms with Crippen molar-refractivity contribution in [2.45, 2.75) is 6.54 Å². The van der Waals surface area contributed by atoms with Crippen LogP contribution in [0.15, 0.2) is 40.8 Å². The zero-order valence-electron chi connectivity index (χ0n) is 14.9. The van der Waals surface area contributed by atoms with Gasteiger partial charge in [-0.15, -0.1) is 11.3 Å². The average Bonchev–Trinajstić information content (AvgIpc) is 3.15. The molecular weight excluding hydrogens is 366 g/mol. The Bertz CT molecular complexity index is 1040. The molecule has 1 aliphatic heterocycles. The Hall–Kier alpha value is -2.71. The largest absolute Gasteiger partial charge is 0.465 e. The van der Waals surface area contributed by atoms with Crippen LogP contribution >= 0.6 is 11.3 Å². The van der Waals surface area contributed by atoms with E-state index in [2.05, 4.69) is 16.0 Å². The average molecular weight is 385 g/mol. The fraction of sp³-hybridized carbons (Fsp3) is 0.316. The first-order chi connectivity index (χ1) is 13.2. The van der Waals surface area contributed by atoms with Gasteiger partial charge in [0.25, 0.3) is 5.56 Å². The summed E-state index contributed by atoms with van der Waals surface area (Å²) in [5.74, 6) is -0.514. The fourth-order valence-corrected chi connectivity index (χ4v) is 4.17. The summed E-state index contributed by atoms with van der Waals surface area (Å²) in [5, 5.41) is 2.02. The van der Waals surface area contributed by atoms with Gasteiger partial charge in [0.2, 0.25) is 0 Å². The molecule has 3 aromatic rings. The summed E-state index contributed by atoms with van der Waals surface area (Å²) >= 11 is 1.18. The summed E-state index contributed by atoms with van der Waals surface area (Å²) in [7, 11) is 1.31. The number of carbonyl (C=O) groups is 1. The number of morpholine rings is 1. The Morgan fingerprint density at radius 3 is 2.85 bits per heavy atom. The molecule has 2 aromatic heterocycles. The number of ether oxygens (including phenoxy) is 2. The summed E-state index contributed by atoms with van der Waals surface area (Å²) in [6, 6.07) is 8.02. The number of fused-ring (bicyclic) bond motifs is 1. The van der Waals surface area contributed by atoms with E-state index in [4.69, 9.17) is 9.47 Å². The molecule has 7 nitrogen and oxygen atoms in total. The summed E-state index contributed by atoms with van der Waals surface area (Å²) in [6.45, 7) is 3.41. The van der Waals surface area contributed by atoms with Gasteiger partial charge in [-0.3, -0.25) is 9.36 Å². The van der Waals surface area contributed by atoms with Gasteiger partial charge in [-0.25, -0.2) is 9.78 Å². The van der Waals surface area contributed by atoms with Crippen LogP contribution in [0.3, 0.4) is 0 Å². The van der Waals surface area contributed by atoms with Gasteiger partial charge in [0.1, 0.15) is 4.88 Å². The van der Waals surface area contributed by atoms with Gasteiger partial charge in [-0.1, -0.05) is 18.2 Å². The molecule has 0 unspecified atom stereocenters. The van der Waals surface area contributed by atoms with Crippen molar-refractivity contribution in [2.24, 2.45) is 0 Å². The van der Waals surface area contributed by atoms with Gasteiger partial charge in [-0.05, 0) is 11.6 Å². The summed E-state index contributed by atoms with van der Waals surface area (Å²) < 4.78 is 11.8. The highest BCUT2D eigenvalue weighted by Crippen LogP contribution is 2.24. The first-order valence-electron chi connectivity index (χ1n) is 8.64. The van der Waals surface area contributed by atoms with E-state index < -0.39 is 5.97 Å². The lowest BCUT2D eigenvalue weighted by molar-refractivity contribution is 0.0608. The van der Waals surface area contributed by atoms with Crippen LogP contribution in [0.25, 0.3) is 10.9 Å². The van der Waals surface area contributed by atoms with Crippen LogP contribution in [0.2, 0.25) is 0 Å². The number of anilines is 1. The van der Waals surface area contributed by atoms with E-state index in [9.17, 15) is 9.59 Å². The number of hydrogen-bond acceptors (Lipinski definition) is 7. The first-order valence-corrected chi connectivity index (χ1v) is 9.52. The predicted molar refractivity (Wildman–Crippen MR) is 104 cm³/mol. The highest BCUT2D eigenvalue weighted by Gasteiger charge is 2.19. The maximum Gasteiger partial charge on any atom is 0.348 e. The summed E-state index contributed by atoms with van der Waals surface area (Å²) in [4.78, 5) is 31.9. The smallest absolute Gasteiger partial charge is 0.348 e. The van der Waals surface area contributed by atoms with Crippen LogP contribution in [-0.4, -0.2) is 48.9 Å². The van der Waals surface area contributed by atoms with Crippen molar-refractivity contribution in [3.8, 4) is 0 Å². The van der Waals surface area contributed by atoms with Gasteiger partial charge in [0.05, 0.1) is 44.1 Å². The normalized spacial score (nSPS) is 14.5. The molecule has 0 saturated carbocycles. The number of methoxy groups -OCH3 is 1. The zero-order valence-corrected chi connectivity index (χ0v) is 15.7. The number of carbonyl (C=O) groups excluding carboxylic acids is 1. The molecule has 0 aliphatic carbocycles. The molecule has 4 rings (SSSR count). The van der Waals surface area contributed by atoms with Crippen molar-refractivity contribution in [1.82, 2.24) is 9.55 Å². The number of thiophene rings is 1. The lowest BCUT2D eigenvalue weighted by atomic mass is 10.1. The Morgan fingerprint density at radius 2 is 2.07 bits per heavy atom. The fourth-order valence-electron chi connectivity index (χ4n) is 3.27. The second kappa shape index (κ2) is 7.50. The molecule has 0 radical (unpaired) electrons. The third kappa shape index (κ3) is 3.33. The molecule has 1 aliphatic rings. The molecule has 3 heterocycles. The number of para-hydroxylation sites is 1. The van der Waals surface area contributed by atoms with Crippen molar-refractivity contribution in [2.75, 3.05) is 38.3 Å². The number of rotatable bonds is 4. The van der Waals surface area contributed by atoms with Gasteiger partial charge in [0.15, 0.2) is 0 Å². The van der Waals surface area contributed by atoms with Gasteiger partial charge in [0, 0.05) is 24.2 Å². The second-order valence-electron chi connectivity index (χ2n) is 6.22. The van der Waals surface area contributed by atoms with Crippen LogP contribution in [0.1, 0.15) is 15.2 Å². The van der Waals surface area contributed by atoms with E-state index in [1.165, 1.54) is 24.8 Å². The van der Waals surface area contributed by atoms with Gasteiger partial charge < -0.3 is 14.4 Å². The number of esters is 1. The summed E-state index contributed by atoms with van der Waals surface area (Å²) in [5.41, 5.74) is 2.39. The Kier molecular flexibility index (Phi) is 4.91. The SMILES string of the molecule is COC(=O)c1scc2ncn(Cc3ccccc3N3CCOCC3)c(=O)c12. The number of nitrogens with zero attached hydrogens (tertiary/aromatic N) is 3. The zero-order chi connectivity index (χ0) is 18.8. The highest BCUT2D eigenvalue weighted by molar-refractivity contribution is 7.13. The van der Waals surface area contributed by atoms with E-state index in [1.54, 1.807) is 9.95 Å². The van der Waals surface area contributed by atoms with Crippen molar-refractivity contribution >= 4 is 33.9 Å². The minimum absolute atomic E-state index is 0.238. The van der Waals surface area contributed by atoms with E-state index in [1.807, 2.05) is 18.2 Å². The van der Waals surface area contributed by atoms with Crippen molar-refractivity contribution in [3.05, 3.63) is 56.8 Å². The first kappa shape index (κ1) is 17.7. The Morgan fingerprint density at radius 1 is 1.30 bits per heavy atom. The number of benzene rings is 1. The maximum atomic E-state index is 13.0. The van der Waals surface area contributed by atoms with Crippen molar-refractivity contribution < 1.29 is 14.3 Å². The van der Waals surface area contributed by atoms with Crippen molar-refractivity contribution in [3.63, 3.8) is 0 Å². The van der Waals surface area contributed by atoms with Crippen LogP contribution in [-0.2, 0) is 16.0 Å². The molecule has 1 aromatic carbocycles. The minimum atomic E-state index is -0.514. The van der Waals surface area contributed by atoms with E-state index >= 15 is 0 Å². The molecule has 0 amide bonds. The van der Waals surface area contributed by atoms with E-state index in [0.29, 0.717) is 35.5 Å². The van der Waals surface area contributed by atoms with Crippen molar-refractivity contribution in [1.29, 1.82) is 0 Å². The van der Waals surface area contributed by atoms with Gasteiger partial charge >= 0.3 is 5.97 Å². The minimum Gasteiger partial charge on any atom is -0.465 e. The van der Waals surface area contributed by atoms with Crippen LogP contribution < -0.4 is 10.5 Å². The van der Waals surface area contributed by atoms with Crippen LogP contribution in [0.5, 0.6) is 0 Å². The van der Waals surface area contributed by atoms with Crippen LogP contribution in [0.4, 0.5) is 5.69 Å². The van der Waals surface area contributed by atoms with E-state index in [0.717, 1.165) is 24.3 Å². The molecule has 1 fully saturated rings. The third-order valence-corrected chi connectivity index (χ3v) is 5.59. The van der Waals surface area contributed by atoms with E-state index in [-0.39, 0.29) is 5.56 Å². The molecular formula is C19H19N3O4S. The second-order valence-corrected chi connectivity index (χ2v) is 7.10. The Balaban J connectivity index is 1.73. The molecule has 1 saturated heterocycles. The maximum absolute atomic E-state index is 13.0.